The maximum absolute atomic E-state index is 9.17. The number of hydrogen-bond acceptors (Lipinski definition) is 4. The molecule has 4 heteroatoms. The van der Waals surface area contributed by atoms with Crippen LogP contribution in [0.25, 0.3) is 0 Å². The van der Waals surface area contributed by atoms with Crippen molar-refractivity contribution in [3.05, 3.63) is 0 Å². The smallest absolute Gasteiger partial charge is 0.0800 e. The van der Waals surface area contributed by atoms with Gasteiger partial charge in [0.15, 0.2) is 0 Å². The van der Waals surface area contributed by atoms with Gasteiger partial charge in [0, 0.05) is 7.11 Å². The molecule has 0 aromatic heterocycles. The molecule has 3 nitrogen and oxygen atoms in total. The number of aliphatic hydroxyl groups excluding tert-OH is 1. The first-order valence-electron chi connectivity index (χ1n) is 4.09. The minimum absolute atomic E-state index is 0.235. The summed E-state index contributed by atoms with van der Waals surface area (Å²) in [4.78, 5) is 0. The van der Waals surface area contributed by atoms with Gasteiger partial charge in [0.25, 0.3) is 0 Å². The zero-order valence-corrected chi connectivity index (χ0v) is 8.75. The Bertz CT molecular complexity index is 110. The highest BCUT2D eigenvalue weighted by Gasteiger charge is 2.23. The highest BCUT2D eigenvalue weighted by atomic mass is 32.1. The van der Waals surface area contributed by atoms with E-state index < -0.39 is 0 Å². The van der Waals surface area contributed by atoms with Crippen molar-refractivity contribution in [2.75, 3.05) is 13.7 Å². The van der Waals surface area contributed by atoms with Crippen LogP contribution in [-0.4, -0.2) is 31.0 Å². The molecule has 1 aliphatic heterocycles. The minimum Gasteiger partial charge on any atom is -0.390 e. The molecule has 0 saturated carbocycles. The Morgan fingerprint density at radius 3 is 2.33 bits per heavy atom. The molecule has 0 spiro atoms. The van der Waals surface area contributed by atoms with Crippen molar-refractivity contribution in [3.8, 4) is 0 Å². The average Bonchev–Trinajstić information content (AvgIpc) is 1.99. The van der Waals surface area contributed by atoms with E-state index in [9.17, 15) is 5.11 Å². The van der Waals surface area contributed by atoms with E-state index in [1.165, 1.54) is 7.11 Å². The lowest BCUT2D eigenvalue weighted by Crippen LogP contribution is -2.34. The summed E-state index contributed by atoms with van der Waals surface area (Å²) in [7, 11) is 1.49. The molecule has 1 fully saturated rings. The second-order valence-electron chi connectivity index (χ2n) is 3.11. The van der Waals surface area contributed by atoms with Crippen LogP contribution in [-0.2, 0) is 8.92 Å². The fraction of sp³-hybridized carbons (Fsp3) is 1.00. The topological polar surface area (TPSA) is 38.7 Å². The van der Waals surface area contributed by atoms with Crippen molar-refractivity contribution in [2.24, 2.45) is 5.92 Å². The summed E-state index contributed by atoms with van der Waals surface area (Å²) in [6.07, 6.45) is 1.09. The number of thiol groups is 1. The molecule has 0 radical (unpaired) electrons. The van der Waals surface area contributed by atoms with Crippen LogP contribution in [0.15, 0.2) is 0 Å². The Labute approximate surface area is 79.7 Å². The van der Waals surface area contributed by atoms with E-state index in [2.05, 4.69) is 24.0 Å². The largest absolute Gasteiger partial charge is 0.390 e. The van der Waals surface area contributed by atoms with Gasteiger partial charge < -0.3 is 14.0 Å². The zero-order chi connectivity index (χ0) is 9.56. The molecule has 0 amide bonds. The number of hydrogen-bond donors (Lipinski definition) is 2. The van der Waals surface area contributed by atoms with E-state index in [-0.39, 0.29) is 6.10 Å². The lowest BCUT2D eigenvalue weighted by Gasteiger charge is -2.28. The molecule has 0 aliphatic carbocycles. The van der Waals surface area contributed by atoms with Gasteiger partial charge in [-0.2, -0.15) is 0 Å². The Morgan fingerprint density at radius 1 is 1.50 bits per heavy atom. The lowest BCUT2D eigenvalue weighted by atomic mass is 9.96. The summed E-state index contributed by atoms with van der Waals surface area (Å²) in [6, 6.07) is 0. The van der Waals surface area contributed by atoms with Gasteiger partial charge in [0.2, 0.25) is 0 Å². The molecule has 3 atom stereocenters. The molecule has 1 N–H and O–H groups in total. The summed E-state index contributed by atoms with van der Waals surface area (Å²) >= 11 is 3.29. The van der Waals surface area contributed by atoms with Crippen LogP contribution in [0.1, 0.15) is 20.3 Å². The van der Waals surface area contributed by atoms with Crippen molar-refractivity contribution >= 4 is 12.9 Å². The van der Waals surface area contributed by atoms with E-state index in [1.807, 2.05) is 6.92 Å². The third-order valence-corrected chi connectivity index (χ3v) is 1.91. The molecule has 3 unspecified atom stereocenters. The van der Waals surface area contributed by atoms with Crippen LogP contribution in [0.5, 0.6) is 0 Å². The van der Waals surface area contributed by atoms with E-state index in [0.29, 0.717) is 18.6 Å². The van der Waals surface area contributed by atoms with Gasteiger partial charge in [-0.1, -0.05) is 6.92 Å². The van der Waals surface area contributed by atoms with Gasteiger partial charge in [-0.25, -0.2) is 0 Å². The van der Waals surface area contributed by atoms with Crippen LogP contribution in [0.3, 0.4) is 0 Å². The second kappa shape index (κ2) is 6.71. The van der Waals surface area contributed by atoms with E-state index in [0.717, 1.165) is 6.42 Å². The van der Waals surface area contributed by atoms with Crippen molar-refractivity contribution in [2.45, 2.75) is 32.5 Å². The van der Waals surface area contributed by atoms with Gasteiger partial charge in [0.1, 0.15) is 0 Å². The summed E-state index contributed by atoms with van der Waals surface area (Å²) in [5, 5.41) is 9.17. The predicted molar refractivity (Wildman–Crippen MR) is 51.2 cm³/mol. The van der Waals surface area contributed by atoms with Crippen LogP contribution in [0, 0.1) is 5.92 Å². The molecule has 1 saturated heterocycles. The van der Waals surface area contributed by atoms with Crippen molar-refractivity contribution in [3.63, 3.8) is 0 Å². The van der Waals surface area contributed by atoms with Crippen molar-refractivity contribution in [1.29, 1.82) is 0 Å². The minimum atomic E-state index is -0.235. The molecular weight excluding hydrogens is 176 g/mol. The summed E-state index contributed by atoms with van der Waals surface area (Å²) in [5.74, 6) is 0.411. The van der Waals surface area contributed by atoms with Gasteiger partial charge in [0.05, 0.1) is 18.8 Å². The number of ether oxygens (including phenoxy) is 1. The molecule has 12 heavy (non-hydrogen) atoms. The first kappa shape index (κ1) is 12.2. The third-order valence-electron chi connectivity index (χ3n) is 1.91. The molecular formula is C8H18O3S. The maximum atomic E-state index is 9.17. The predicted octanol–water partition coefficient (Wildman–Crippen LogP) is 1.27. The first-order valence-corrected chi connectivity index (χ1v) is 4.45. The Hall–Kier alpha value is 0.230. The van der Waals surface area contributed by atoms with Gasteiger partial charge >= 0.3 is 0 Å². The third kappa shape index (κ3) is 4.98. The second-order valence-corrected chi connectivity index (χ2v) is 3.47. The van der Waals surface area contributed by atoms with E-state index in [1.54, 1.807) is 0 Å². The summed E-state index contributed by atoms with van der Waals surface area (Å²) < 4.78 is 9.15. The summed E-state index contributed by atoms with van der Waals surface area (Å²) in [6.45, 7) is 4.62. The monoisotopic (exact) mass is 194 g/mol. The summed E-state index contributed by atoms with van der Waals surface area (Å²) in [5.41, 5.74) is 0. The molecule has 1 heterocycles. The molecule has 1 rings (SSSR count). The normalized spacial score (nSPS) is 35.2. The molecule has 0 aromatic carbocycles. The Kier molecular flexibility index (Phi) is 6.84. The SMILES string of the molecule is CC1CC(C)C(O)CO1.COS. The fourth-order valence-corrected chi connectivity index (χ4v) is 1.18. The van der Waals surface area contributed by atoms with Gasteiger partial charge in [-0.3, -0.25) is 0 Å². The number of rotatable bonds is 0. The van der Waals surface area contributed by atoms with Crippen molar-refractivity contribution < 1.29 is 14.0 Å². The van der Waals surface area contributed by atoms with Gasteiger partial charge in [-0.15, -0.1) is 0 Å². The maximum Gasteiger partial charge on any atom is 0.0800 e. The van der Waals surface area contributed by atoms with Crippen LogP contribution < -0.4 is 0 Å². The Balaban J connectivity index is 0.000000354. The van der Waals surface area contributed by atoms with Gasteiger partial charge in [-0.05, 0) is 32.2 Å². The number of aliphatic hydroxyl groups is 1. The quantitative estimate of drug-likeness (QED) is 0.450. The highest BCUT2D eigenvalue weighted by Crippen LogP contribution is 2.18. The standard InChI is InChI=1S/C7H14O2.CH4OS/c1-5-3-6(2)9-4-7(5)8;1-2-3/h5-8H,3-4H2,1-2H3;3H,1H3. The van der Waals surface area contributed by atoms with Crippen LogP contribution in [0.2, 0.25) is 0 Å². The average molecular weight is 194 g/mol. The van der Waals surface area contributed by atoms with Crippen LogP contribution >= 0.6 is 12.9 Å². The molecule has 0 aromatic rings. The van der Waals surface area contributed by atoms with E-state index in [4.69, 9.17) is 4.74 Å². The van der Waals surface area contributed by atoms with Crippen LogP contribution in [0.4, 0.5) is 0 Å². The highest BCUT2D eigenvalue weighted by molar-refractivity contribution is 7.75. The molecule has 1 aliphatic rings. The Morgan fingerprint density at radius 2 is 2.00 bits per heavy atom. The lowest BCUT2D eigenvalue weighted by molar-refractivity contribution is -0.0762. The fourth-order valence-electron chi connectivity index (χ4n) is 1.18. The first-order chi connectivity index (χ1) is 5.61. The van der Waals surface area contributed by atoms with E-state index >= 15 is 0 Å². The molecule has 0 bridgehead atoms. The zero-order valence-electron chi connectivity index (χ0n) is 7.86. The molecule has 74 valence electrons. The van der Waals surface area contributed by atoms with Crippen molar-refractivity contribution in [1.82, 2.24) is 0 Å².